The Labute approximate surface area is 186 Å². The Morgan fingerprint density at radius 3 is 2.44 bits per heavy atom. The highest BCUT2D eigenvalue weighted by molar-refractivity contribution is 6.33. The molecule has 3 aliphatic rings. The van der Waals surface area contributed by atoms with Crippen LogP contribution in [0.2, 0.25) is 5.15 Å². The largest absolute Gasteiger partial charge is 0.419 e. The summed E-state index contributed by atoms with van der Waals surface area (Å²) in [5, 5.41) is 9.57. The van der Waals surface area contributed by atoms with Crippen molar-refractivity contribution in [1.82, 2.24) is 19.2 Å². The third-order valence-corrected chi connectivity index (χ3v) is 6.93. The lowest BCUT2D eigenvalue weighted by Crippen LogP contribution is -2.47. The SMILES string of the molecule is O=C(c1nc2c(C(F)(F)F)cc(C3CC3)cn2c1Cl)N1CCC(N2CC(O)CC2=O)CC1. The molecule has 2 saturated heterocycles. The Bertz CT molecular complexity index is 1090. The third kappa shape index (κ3) is 3.73. The summed E-state index contributed by atoms with van der Waals surface area (Å²) >= 11 is 6.36. The maximum atomic E-state index is 13.7. The van der Waals surface area contributed by atoms with Gasteiger partial charge in [0.15, 0.2) is 11.3 Å². The highest BCUT2D eigenvalue weighted by Crippen LogP contribution is 2.43. The molecule has 32 heavy (non-hydrogen) atoms. The summed E-state index contributed by atoms with van der Waals surface area (Å²) in [6.07, 6.45) is -0.928. The van der Waals surface area contributed by atoms with Crippen LogP contribution in [0.1, 0.15) is 59.6 Å². The molecular formula is C21H22ClF3N4O3. The van der Waals surface area contributed by atoms with Crippen LogP contribution >= 0.6 is 11.6 Å². The number of β-amino-alcohol motifs (C(OH)–C–C–N with tert-alkyl or cyclic N) is 1. The van der Waals surface area contributed by atoms with Crippen LogP contribution in [0.15, 0.2) is 12.3 Å². The number of likely N-dealkylation sites (tertiary alicyclic amines) is 2. The first-order chi connectivity index (χ1) is 15.1. The fraction of sp³-hybridized carbons (Fsp3) is 0.571. The van der Waals surface area contributed by atoms with Gasteiger partial charge in [0.05, 0.1) is 18.1 Å². The number of nitrogens with zero attached hydrogens (tertiary/aromatic N) is 4. The smallest absolute Gasteiger partial charge is 0.391 e. The zero-order valence-corrected chi connectivity index (χ0v) is 17.9. The molecule has 4 heterocycles. The van der Waals surface area contributed by atoms with E-state index >= 15 is 0 Å². The number of hydrogen-bond donors (Lipinski definition) is 1. The molecule has 1 aliphatic carbocycles. The highest BCUT2D eigenvalue weighted by atomic mass is 35.5. The van der Waals surface area contributed by atoms with Crippen molar-refractivity contribution in [3.05, 3.63) is 34.2 Å². The fourth-order valence-corrected chi connectivity index (χ4v) is 4.97. The molecule has 0 bridgehead atoms. The van der Waals surface area contributed by atoms with E-state index in [0.29, 0.717) is 38.0 Å². The van der Waals surface area contributed by atoms with Gasteiger partial charge in [-0.3, -0.25) is 14.0 Å². The molecule has 0 radical (unpaired) electrons. The molecule has 1 N–H and O–H groups in total. The van der Waals surface area contributed by atoms with E-state index in [1.165, 1.54) is 9.30 Å². The molecule has 11 heteroatoms. The lowest BCUT2D eigenvalue weighted by molar-refractivity contribution is -0.136. The second-order valence-electron chi connectivity index (χ2n) is 8.83. The number of carbonyl (C=O) groups excluding carboxylic acids is 2. The van der Waals surface area contributed by atoms with E-state index in [4.69, 9.17) is 11.6 Å². The number of alkyl halides is 3. The van der Waals surface area contributed by atoms with Gasteiger partial charge in [0.2, 0.25) is 5.91 Å². The molecule has 5 rings (SSSR count). The van der Waals surface area contributed by atoms with Gasteiger partial charge in [-0.25, -0.2) is 4.98 Å². The van der Waals surface area contributed by atoms with Gasteiger partial charge < -0.3 is 14.9 Å². The highest BCUT2D eigenvalue weighted by Gasteiger charge is 2.39. The molecule has 1 saturated carbocycles. The molecule has 1 atom stereocenters. The molecular weight excluding hydrogens is 449 g/mol. The number of fused-ring (bicyclic) bond motifs is 1. The van der Waals surface area contributed by atoms with Crippen LogP contribution < -0.4 is 0 Å². The van der Waals surface area contributed by atoms with Crippen molar-refractivity contribution in [1.29, 1.82) is 0 Å². The molecule has 3 fully saturated rings. The number of aliphatic hydroxyl groups excluding tert-OH is 1. The minimum absolute atomic E-state index is 0.0711. The second kappa shape index (κ2) is 7.62. The Morgan fingerprint density at radius 2 is 1.88 bits per heavy atom. The molecule has 7 nitrogen and oxygen atoms in total. The number of hydrogen-bond acceptors (Lipinski definition) is 4. The van der Waals surface area contributed by atoms with E-state index in [-0.39, 0.29) is 40.8 Å². The Morgan fingerprint density at radius 1 is 1.19 bits per heavy atom. The Balaban J connectivity index is 1.40. The van der Waals surface area contributed by atoms with Crippen molar-refractivity contribution in [2.45, 2.75) is 56.3 Å². The van der Waals surface area contributed by atoms with Gasteiger partial charge in [0.25, 0.3) is 5.91 Å². The quantitative estimate of drug-likeness (QED) is 0.748. The molecule has 0 aromatic carbocycles. The van der Waals surface area contributed by atoms with Crippen molar-refractivity contribution in [2.24, 2.45) is 0 Å². The van der Waals surface area contributed by atoms with Gasteiger partial charge in [-0.1, -0.05) is 11.6 Å². The zero-order valence-electron chi connectivity index (χ0n) is 17.1. The van der Waals surface area contributed by atoms with Crippen molar-refractivity contribution >= 4 is 29.1 Å². The van der Waals surface area contributed by atoms with Gasteiger partial charge in [-0.2, -0.15) is 13.2 Å². The molecule has 2 aromatic heterocycles. The summed E-state index contributed by atoms with van der Waals surface area (Å²) in [6.45, 7) is 0.944. The number of piperidine rings is 1. The average Bonchev–Trinajstić information content (AvgIpc) is 3.47. The number of aliphatic hydroxyl groups is 1. The molecule has 2 aliphatic heterocycles. The Hall–Kier alpha value is -2.33. The summed E-state index contributed by atoms with van der Waals surface area (Å²) in [4.78, 5) is 32.3. The maximum Gasteiger partial charge on any atom is 0.419 e. The average molecular weight is 471 g/mol. The molecule has 1 unspecified atom stereocenters. The van der Waals surface area contributed by atoms with Crippen LogP contribution in [-0.4, -0.2) is 67.9 Å². The number of amides is 2. The summed E-state index contributed by atoms with van der Waals surface area (Å²) in [7, 11) is 0. The van der Waals surface area contributed by atoms with Gasteiger partial charge >= 0.3 is 6.18 Å². The van der Waals surface area contributed by atoms with Crippen LogP contribution in [0.4, 0.5) is 13.2 Å². The minimum Gasteiger partial charge on any atom is -0.391 e. The third-order valence-electron chi connectivity index (χ3n) is 6.57. The predicted octanol–water partition coefficient (Wildman–Crippen LogP) is 3.08. The van der Waals surface area contributed by atoms with Crippen LogP contribution in [0.5, 0.6) is 0 Å². The lowest BCUT2D eigenvalue weighted by Gasteiger charge is -2.36. The van der Waals surface area contributed by atoms with Gasteiger partial charge in [0.1, 0.15) is 5.15 Å². The summed E-state index contributed by atoms with van der Waals surface area (Å²) in [5.41, 5.74) is -0.924. The van der Waals surface area contributed by atoms with E-state index in [1.54, 1.807) is 11.1 Å². The molecule has 0 spiro atoms. The van der Waals surface area contributed by atoms with Crippen molar-refractivity contribution in [3.8, 4) is 0 Å². The van der Waals surface area contributed by atoms with E-state index in [1.807, 2.05) is 0 Å². The molecule has 2 aromatic rings. The topological polar surface area (TPSA) is 78.2 Å². The lowest BCUT2D eigenvalue weighted by atomic mass is 10.0. The number of halogens is 4. The first-order valence-electron chi connectivity index (χ1n) is 10.7. The summed E-state index contributed by atoms with van der Waals surface area (Å²) < 4.78 is 42.2. The van der Waals surface area contributed by atoms with Gasteiger partial charge in [-0.15, -0.1) is 0 Å². The minimum atomic E-state index is -4.62. The van der Waals surface area contributed by atoms with Gasteiger partial charge in [-0.05, 0) is 43.2 Å². The van der Waals surface area contributed by atoms with E-state index in [2.05, 4.69) is 4.98 Å². The first kappa shape index (κ1) is 21.5. The molecule has 172 valence electrons. The Kier molecular flexibility index (Phi) is 5.12. The standard InChI is InChI=1S/C21H22ClF3N4O3/c22-18-17(20(32)27-5-3-13(4-6-27)28-10-14(30)8-16(28)31)26-19-15(21(23,24)25)7-12(9-29(18)19)11-1-2-11/h7,9,11,13-14,30H,1-6,8,10H2. The van der Waals surface area contributed by atoms with Crippen LogP contribution in [0.3, 0.4) is 0 Å². The maximum absolute atomic E-state index is 13.7. The van der Waals surface area contributed by atoms with E-state index < -0.39 is 23.8 Å². The van der Waals surface area contributed by atoms with Crippen molar-refractivity contribution in [3.63, 3.8) is 0 Å². The number of rotatable bonds is 3. The number of imidazole rings is 1. The number of pyridine rings is 1. The normalized spacial score (nSPS) is 22.9. The van der Waals surface area contributed by atoms with Crippen LogP contribution in [0.25, 0.3) is 5.65 Å². The van der Waals surface area contributed by atoms with E-state index in [9.17, 15) is 27.9 Å². The van der Waals surface area contributed by atoms with Gasteiger partial charge in [0, 0.05) is 31.9 Å². The van der Waals surface area contributed by atoms with Crippen molar-refractivity contribution in [2.75, 3.05) is 19.6 Å². The molecule has 2 amide bonds. The van der Waals surface area contributed by atoms with Crippen LogP contribution in [0, 0.1) is 0 Å². The number of aromatic nitrogens is 2. The summed E-state index contributed by atoms with van der Waals surface area (Å²) in [5.74, 6) is -0.549. The van der Waals surface area contributed by atoms with Crippen LogP contribution in [-0.2, 0) is 11.0 Å². The second-order valence-corrected chi connectivity index (χ2v) is 9.19. The number of carbonyl (C=O) groups is 2. The summed E-state index contributed by atoms with van der Waals surface area (Å²) in [6, 6.07) is 1.04. The monoisotopic (exact) mass is 470 g/mol. The van der Waals surface area contributed by atoms with Crippen molar-refractivity contribution < 1.29 is 27.9 Å². The predicted molar refractivity (Wildman–Crippen MR) is 108 cm³/mol. The zero-order chi connectivity index (χ0) is 22.8. The first-order valence-corrected chi connectivity index (χ1v) is 11.1. The van der Waals surface area contributed by atoms with E-state index in [0.717, 1.165) is 18.9 Å². The fourth-order valence-electron chi connectivity index (χ4n) is 4.72.